The maximum Gasteiger partial charge on any atom is 0.165 e. The first kappa shape index (κ1) is 14.3. The average molecular weight is 296 g/mol. The van der Waals surface area contributed by atoms with Crippen molar-refractivity contribution in [3.05, 3.63) is 42.2 Å². The van der Waals surface area contributed by atoms with Crippen molar-refractivity contribution in [1.29, 1.82) is 0 Å². The number of hydrogen-bond donors (Lipinski definition) is 2. The van der Waals surface area contributed by atoms with Gasteiger partial charge in [-0.05, 0) is 17.5 Å². The number of thioether (sulfide) groups is 1. The molecule has 0 radical (unpaired) electrons. The zero-order valence-corrected chi connectivity index (χ0v) is 12.6. The minimum Gasteiger partial charge on any atom is -0.369 e. The fourth-order valence-corrected chi connectivity index (χ4v) is 2.53. The second-order valence-electron chi connectivity index (χ2n) is 4.63. The molecule has 102 valence electrons. The highest BCUT2D eigenvalue weighted by Crippen LogP contribution is 2.26. The number of alkyl halides is 1. The molecule has 0 saturated carbocycles. The summed E-state index contributed by atoms with van der Waals surface area (Å²) in [6.07, 6.45) is 3.60. The van der Waals surface area contributed by atoms with Gasteiger partial charge in [0.05, 0.1) is 0 Å². The van der Waals surface area contributed by atoms with Crippen molar-refractivity contribution in [2.75, 3.05) is 5.32 Å². The van der Waals surface area contributed by atoms with Crippen LogP contribution in [-0.4, -0.2) is 15.5 Å². The number of aromatic nitrogens is 2. The van der Waals surface area contributed by atoms with Crippen molar-refractivity contribution in [3.63, 3.8) is 0 Å². The zero-order chi connectivity index (χ0) is 13.7. The molecule has 0 amide bonds. The molecule has 1 aromatic carbocycles. The van der Waals surface area contributed by atoms with Crippen LogP contribution in [0.3, 0.4) is 0 Å². The molecule has 0 spiro atoms. The molecule has 2 N–H and O–H groups in total. The van der Waals surface area contributed by atoms with Gasteiger partial charge in [0.15, 0.2) is 5.16 Å². The molecule has 0 bridgehead atoms. The molecule has 1 unspecified atom stereocenters. The van der Waals surface area contributed by atoms with Crippen LogP contribution in [0.25, 0.3) is 0 Å². The Morgan fingerprint density at radius 2 is 2.16 bits per heavy atom. The quantitative estimate of drug-likeness (QED) is 0.473. The molecular formula is C14H18ClN3S. The van der Waals surface area contributed by atoms with Crippen molar-refractivity contribution >= 4 is 29.1 Å². The SMILES string of the molecule is CC(C)C(Cl)Nc1ccccc1CSc1ncc[nH]1. The summed E-state index contributed by atoms with van der Waals surface area (Å²) >= 11 is 7.97. The number of nitrogens with one attached hydrogen (secondary N) is 2. The number of benzene rings is 1. The van der Waals surface area contributed by atoms with Crippen molar-refractivity contribution in [1.82, 2.24) is 9.97 Å². The fraction of sp³-hybridized carbons (Fsp3) is 0.357. The molecule has 3 nitrogen and oxygen atoms in total. The Kier molecular flexibility index (Phi) is 5.16. The fourth-order valence-electron chi connectivity index (χ4n) is 1.58. The maximum atomic E-state index is 6.29. The zero-order valence-electron chi connectivity index (χ0n) is 11.1. The molecule has 19 heavy (non-hydrogen) atoms. The Hall–Kier alpha value is -1.13. The van der Waals surface area contributed by atoms with Gasteiger partial charge in [-0.25, -0.2) is 4.98 Å². The highest BCUT2D eigenvalue weighted by molar-refractivity contribution is 7.98. The number of hydrogen-bond acceptors (Lipinski definition) is 3. The number of aromatic amines is 1. The van der Waals surface area contributed by atoms with Crippen LogP contribution < -0.4 is 5.32 Å². The minimum absolute atomic E-state index is 0.0604. The molecule has 0 aliphatic carbocycles. The van der Waals surface area contributed by atoms with Gasteiger partial charge in [-0.1, -0.05) is 55.4 Å². The third kappa shape index (κ3) is 4.18. The summed E-state index contributed by atoms with van der Waals surface area (Å²) in [4.78, 5) is 7.30. The van der Waals surface area contributed by atoms with E-state index >= 15 is 0 Å². The lowest BCUT2D eigenvalue weighted by Crippen LogP contribution is -2.19. The highest BCUT2D eigenvalue weighted by atomic mass is 35.5. The first-order chi connectivity index (χ1) is 9.16. The van der Waals surface area contributed by atoms with Gasteiger partial charge < -0.3 is 10.3 Å². The van der Waals surface area contributed by atoms with E-state index in [2.05, 4.69) is 41.3 Å². The van der Waals surface area contributed by atoms with Crippen molar-refractivity contribution < 1.29 is 0 Å². The largest absolute Gasteiger partial charge is 0.369 e. The smallest absolute Gasteiger partial charge is 0.165 e. The molecular weight excluding hydrogens is 278 g/mol. The molecule has 1 heterocycles. The second kappa shape index (κ2) is 6.87. The lowest BCUT2D eigenvalue weighted by molar-refractivity contribution is 0.643. The summed E-state index contributed by atoms with van der Waals surface area (Å²) in [5, 5.41) is 4.29. The molecule has 2 rings (SSSR count). The molecule has 1 atom stereocenters. The number of anilines is 1. The molecule has 0 fully saturated rings. The highest BCUT2D eigenvalue weighted by Gasteiger charge is 2.11. The van der Waals surface area contributed by atoms with Crippen LogP contribution in [0.15, 0.2) is 41.8 Å². The molecule has 5 heteroatoms. The summed E-state index contributed by atoms with van der Waals surface area (Å²) in [7, 11) is 0. The average Bonchev–Trinajstić information content (AvgIpc) is 2.90. The molecule has 2 aromatic rings. The van der Waals surface area contributed by atoms with Crippen molar-refractivity contribution in [2.24, 2.45) is 5.92 Å². The Morgan fingerprint density at radius 3 is 2.84 bits per heavy atom. The number of para-hydroxylation sites is 1. The van der Waals surface area contributed by atoms with E-state index in [1.807, 2.05) is 18.3 Å². The van der Waals surface area contributed by atoms with Crippen LogP contribution in [-0.2, 0) is 5.75 Å². The van der Waals surface area contributed by atoms with Crippen LogP contribution in [0.2, 0.25) is 0 Å². The predicted octanol–water partition coefficient (Wildman–Crippen LogP) is 4.33. The second-order valence-corrected chi connectivity index (χ2v) is 6.06. The van der Waals surface area contributed by atoms with E-state index in [0.717, 1.165) is 16.6 Å². The standard InChI is InChI=1S/C14H18ClN3S/c1-10(2)13(15)18-12-6-4-3-5-11(12)9-19-14-16-7-8-17-14/h3-8,10,13,18H,9H2,1-2H3,(H,16,17). The number of nitrogens with zero attached hydrogens (tertiary/aromatic N) is 1. The van der Waals surface area contributed by atoms with Crippen LogP contribution in [0.4, 0.5) is 5.69 Å². The van der Waals surface area contributed by atoms with Crippen LogP contribution in [0.1, 0.15) is 19.4 Å². The van der Waals surface area contributed by atoms with Gasteiger partial charge in [0.2, 0.25) is 0 Å². The first-order valence-corrected chi connectivity index (χ1v) is 7.69. The Bertz CT molecular complexity index is 499. The van der Waals surface area contributed by atoms with Crippen LogP contribution in [0, 0.1) is 5.92 Å². The third-order valence-corrected chi connectivity index (χ3v) is 4.30. The van der Waals surface area contributed by atoms with E-state index in [4.69, 9.17) is 11.6 Å². The maximum absolute atomic E-state index is 6.29. The van der Waals surface area contributed by atoms with E-state index in [1.54, 1.807) is 18.0 Å². The predicted molar refractivity (Wildman–Crippen MR) is 82.7 cm³/mol. The van der Waals surface area contributed by atoms with Gasteiger partial charge in [0.1, 0.15) is 5.50 Å². The monoisotopic (exact) mass is 295 g/mol. The van der Waals surface area contributed by atoms with E-state index < -0.39 is 0 Å². The lowest BCUT2D eigenvalue weighted by atomic mass is 10.1. The summed E-state index contributed by atoms with van der Waals surface area (Å²) in [5.41, 5.74) is 2.26. The van der Waals surface area contributed by atoms with Gasteiger partial charge in [-0.2, -0.15) is 0 Å². The van der Waals surface area contributed by atoms with E-state index in [-0.39, 0.29) is 5.50 Å². The number of imidazole rings is 1. The van der Waals surface area contributed by atoms with Gasteiger partial charge in [-0.15, -0.1) is 0 Å². The molecule has 0 aliphatic heterocycles. The number of halogens is 1. The topological polar surface area (TPSA) is 40.7 Å². The molecule has 0 saturated heterocycles. The van der Waals surface area contributed by atoms with Crippen molar-refractivity contribution in [2.45, 2.75) is 30.3 Å². The van der Waals surface area contributed by atoms with E-state index in [1.165, 1.54) is 5.56 Å². The number of rotatable bonds is 6. The van der Waals surface area contributed by atoms with Gasteiger partial charge in [0, 0.05) is 23.8 Å². The summed E-state index contributed by atoms with van der Waals surface area (Å²) in [6, 6.07) is 8.24. The Balaban J connectivity index is 2.03. The third-order valence-electron chi connectivity index (χ3n) is 2.73. The lowest BCUT2D eigenvalue weighted by Gasteiger charge is -2.19. The van der Waals surface area contributed by atoms with Crippen LogP contribution >= 0.6 is 23.4 Å². The van der Waals surface area contributed by atoms with Crippen molar-refractivity contribution in [3.8, 4) is 0 Å². The molecule has 0 aliphatic rings. The van der Waals surface area contributed by atoms with Gasteiger partial charge in [-0.3, -0.25) is 0 Å². The van der Waals surface area contributed by atoms with E-state index in [9.17, 15) is 0 Å². The normalized spacial score (nSPS) is 12.6. The first-order valence-electron chi connectivity index (χ1n) is 6.27. The van der Waals surface area contributed by atoms with Gasteiger partial charge >= 0.3 is 0 Å². The van der Waals surface area contributed by atoms with Gasteiger partial charge in [0.25, 0.3) is 0 Å². The molecule has 1 aromatic heterocycles. The Labute approximate surface area is 123 Å². The van der Waals surface area contributed by atoms with Crippen LogP contribution in [0.5, 0.6) is 0 Å². The minimum atomic E-state index is -0.0604. The Morgan fingerprint density at radius 1 is 1.37 bits per heavy atom. The van der Waals surface area contributed by atoms with E-state index in [0.29, 0.717) is 5.92 Å². The number of H-pyrrole nitrogens is 1. The summed E-state index contributed by atoms with van der Waals surface area (Å²) < 4.78 is 0. The summed E-state index contributed by atoms with van der Waals surface area (Å²) in [5.74, 6) is 1.24. The summed E-state index contributed by atoms with van der Waals surface area (Å²) in [6.45, 7) is 4.20.